The first kappa shape index (κ1) is 12.6. The van der Waals surface area contributed by atoms with Crippen molar-refractivity contribution in [3.8, 4) is 0 Å². The lowest BCUT2D eigenvalue weighted by Gasteiger charge is -2.26. The number of aliphatic hydroxyl groups is 1. The monoisotopic (exact) mass is 266 g/mol. The maximum atomic E-state index is 10.5. The molecule has 1 fully saturated rings. The van der Waals surface area contributed by atoms with E-state index in [0.717, 1.165) is 26.1 Å². The van der Waals surface area contributed by atoms with Gasteiger partial charge in [-0.3, -0.25) is 0 Å². The van der Waals surface area contributed by atoms with E-state index in [-0.39, 0.29) is 6.10 Å². The first-order chi connectivity index (χ1) is 8.84. The Balaban J connectivity index is 1.75. The number of hydrogen-bond donors (Lipinski definition) is 1. The van der Waals surface area contributed by atoms with Gasteiger partial charge in [-0.1, -0.05) is 6.42 Å². The molecule has 2 unspecified atom stereocenters. The molecule has 2 heterocycles. The van der Waals surface area contributed by atoms with Crippen LogP contribution in [0.5, 0.6) is 0 Å². The van der Waals surface area contributed by atoms with Crippen molar-refractivity contribution in [3.63, 3.8) is 0 Å². The van der Waals surface area contributed by atoms with Crippen LogP contribution in [-0.2, 0) is 17.6 Å². The van der Waals surface area contributed by atoms with Crippen molar-refractivity contribution in [1.82, 2.24) is 0 Å². The Kier molecular flexibility index (Phi) is 4.02. The predicted octanol–water partition coefficient (Wildman–Crippen LogP) is 3.48. The average Bonchev–Trinajstić information content (AvgIpc) is 2.70. The summed E-state index contributed by atoms with van der Waals surface area (Å²) in [5.74, 6) is 0.307. The highest BCUT2D eigenvalue weighted by Gasteiger charge is 2.26. The van der Waals surface area contributed by atoms with Crippen LogP contribution in [0.1, 0.15) is 53.5 Å². The van der Waals surface area contributed by atoms with Crippen molar-refractivity contribution in [2.75, 3.05) is 13.2 Å². The van der Waals surface area contributed by atoms with Crippen molar-refractivity contribution in [3.05, 3.63) is 21.4 Å². The highest BCUT2D eigenvalue weighted by atomic mass is 32.1. The third-order valence-electron chi connectivity index (χ3n) is 4.20. The molecule has 1 aromatic rings. The number of fused-ring (bicyclic) bond motifs is 1. The van der Waals surface area contributed by atoms with Gasteiger partial charge in [0.2, 0.25) is 0 Å². The van der Waals surface area contributed by atoms with Crippen LogP contribution >= 0.6 is 11.3 Å². The predicted molar refractivity (Wildman–Crippen MR) is 74.1 cm³/mol. The van der Waals surface area contributed by atoms with E-state index in [1.807, 2.05) is 11.3 Å². The number of aliphatic hydroxyl groups excluding tert-OH is 1. The van der Waals surface area contributed by atoms with Crippen LogP contribution in [0.15, 0.2) is 6.07 Å². The van der Waals surface area contributed by atoms with Crippen LogP contribution in [0, 0.1) is 5.92 Å². The van der Waals surface area contributed by atoms with Gasteiger partial charge < -0.3 is 9.84 Å². The Morgan fingerprint density at radius 2 is 2.11 bits per heavy atom. The number of hydrogen-bond acceptors (Lipinski definition) is 3. The second-order valence-corrected chi connectivity index (χ2v) is 6.75. The summed E-state index contributed by atoms with van der Waals surface area (Å²) in [4.78, 5) is 2.70. The van der Waals surface area contributed by atoms with Crippen molar-refractivity contribution in [1.29, 1.82) is 0 Å². The molecule has 0 aromatic carbocycles. The van der Waals surface area contributed by atoms with E-state index < -0.39 is 0 Å². The highest BCUT2D eigenvalue weighted by Crippen LogP contribution is 2.37. The Morgan fingerprint density at radius 1 is 1.22 bits per heavy atom. The lowest BCUT2D eigenvalue weighted by molar-refractivity contribution is -0.00864. The normalized spacial score (nSPS) is 26.4. The minimum Gasteiger partial charge on any atom is -0.387 e. The van der Waals surface area contributed by atoms with Gasteiger partial charge in [0.25, 0.3) is 0 Å². The zero-order chi connectivity index (χ0) is 12.4. The highest BCUT2D eigenvalue weighted by molar-refractivity contribution is 7.12. The van der Waals surface area contributed by atoms with Gasteiger partial charge in [0, 0.05) is 22.3 Å². The summed E-state index contributed by atoms with van der Waals surface area (Å²) in [6.45, 7) is 1.59. The summed E-state index contributed by atoms with van der Waals surface area (Å²) in [7, 11) is 0. The summed E-state index contributed by atoms with van der Waals surface area (Å²) in [5, 5.41) is 10.5. The maximum Gasteiger partial charge on any atom is 0.0932 e. The Hall–Kier alpha value is -0.380. The van der Waals surface area contributed by atoms with Crippen LogP contribution < -0.4 is 0 Å². The molecule has 0 saturated carbocycles. The van der Waals surface area contributed by atoms with Gasteiger partial charge in [-0.15, -0.1) is 11.3 Å². The third-order valence-corrected chi connectivity index (χ3v) is 5.51. The Morgan fingerprint density at radius 3 is 2.94 bits per heavy atom. The summed E-state index contributed by atoms with van der Waals surface area (Å²) < 4.78 is 5.49. The van der Waals surface area contributed by atoms with Gasteiger partial charge in [-0.25, -0.2) is 0 Å². The molecular formula is C15H22O2S. The molecule has 1 aliphatic heterocycles. The van der Waals surface area contributed by atoms with E-state index in [1.54, 1.807) is 0 Å². The molecule has 3 heteroatoms. The first-order valence-corrected chi connectivity index (χ1v) is 8.03. The van der Waals surface area contributed by atoms with E-state index in [4.69, 9.17) is 4.74 Å². The molecule has 18 heavy (non-hydrogen) atoms. The lowest BCUT2D eigenvalue weighted by atomic mass is 9.94. The van der Waals surface area contributed by atoms with E-state index in [0.29, 0.717) is 5.92 Å². The molecule has 0 spiro atoms. The molecule has 2 atom stereocenters. The molecule has 2 nitrogen and oxygen atoms in total. The second-order valence-electron chi connectivity index (χ2n) is 5.58. The fourth-order valence-corrected chi connectivity index (χ4v) is 4.42. The topological polar surface area (TPSA) is 29.5 Å². The summed E-state index contributed by atoms with van der Waals surface area (Å²) in [6.07, 6.45) is 8.30. The minimum absolute atomic E-state index is 0.303. The van der Waals surface area contributed by atoms with Crippen LogP contribution in [0.4, 0.5) is 0 Å². The summed E-state index contributed by atoms with van der Waals surface area (Å²) in [5.41, 5.74) is 1.50. The van der Waals surface area contributed by atoms with Crippen LogP contribution in [0.25, 0.3) is 0 Å². The molecular weight excluding hydrogens is 244 g/mol. The van der Waals surface area contributed by atoms with E-state index in [1.165, 1.54) is 47.4 Å². The summed E-state index contributed by atoms with van der Waals surface area (Å²) >= 11 is 1.84. The van der Waals surface area contributed by atoms with Gasteiger partial charge in [0.1, 0.15) is 0 Å². The van der Waals surface area contributed by atoms with Gasteiger partial charge in [-0.2, -0.15) is 0 Å². The maximum absolute atomic E-state index is 10.5. The van der Waals surface area contributed by atoms with Gasteiger partial charge in [0.15, 0.2) is 0 Å². The number of aryl methyl sites for hydroxylation is 2. The molecule has 2 aliphatic rings. The molecule has 0 bridgehead atoms. The summed E-state index contributed by atoms with van der Waals surface area (Å²) in [6, 6.07) is 2.27. The molecule has 0 amide bonds. The largest absolute Gasteiger partial charge is 0.387 e. The Labute approximate surface area is 113 Å². The van der Waals surface area contributed by atoms with Crippen molar-refractivity contribution in [2.45, 2.75) is 51.0 Å². The zero-order valence-electron chi connectivity index (χ0n) is 10.9. The Bertz CT molecular complexity index is 370. The smallest absolute Gasteiger partial charge is 0.0932 e. The van der Waals surface area contributed by atoms with E-state index in [2.05, 4.69) is 6.07 Å². The van der Waals surface area contributed by atoms with Crippen molar-refractivity contribution < 1.29 is 9.84 Å². The van der Waals surface area contributed by atoms with Gasteiger partial charge >= 0.3 is 0 Å². The van der Waals surface area contributed by atoms with E-state index in [9.17, 15) is 5.11 Å². The number of ether oxygens (including phenoxy) is 1. The number of rotatable bonds is 2. The van der Waals surface area contributed by atoms with Crippen molar-refractivity contribution in [2.24, 2.45) is 5.92 Å². The van der Waals surface area contributed by atoms with E-state index >= 15 is 0 Å². The molecule has 1 N–H and O–H groups in total. The first-order valence-electron chi connectivity index (χ1n) is 7.22. The van der Waals surface area contributed by atoms with Gasteiger partial charge in [0.05, 0.1) is 12.7 Å². The fraction of sp³-hybridized carbons (Fsp3) is 0.733. The molecule has 1 aliphatic carbocycles. The van der Waals surface area contributed by atoms with Crippen molar-refractivity contribution >= 4 is 11.3 Å². The van der Waals surface area contributed by atoms with Gasteiger partial charge in [-0.05, 0) is 50.2 Å². The van der Waals surface area contributed by atoms with Crippen LogP contribution in [0.2, 0.25) is 0 Å². The average molecular weight is 266 g/mol. The third kappa shape index (κ3) is 2.63. The fourth-order valence-electron chi connectivity index (χ4n) is 3.08. The quantitative estimate of drug-likeness (QED) is 0.830. The van der Waals surface area contributed by atoms with Crippen LogP contribution in [-0.4, -0.2) is 18.3 Å². The SMILES string of the molecule is OC(c1cc2c(s1)CCCCC2)C1CCCOC1. The molecule has 1 saturated heterocycles. The minimum atomic E-state index is -0.303. The standard InChI is InChI=1S/C15H22O2S/c16-15(12-6-4-8-17-10-12)14-9-11-5-2-1-3-7-13(11)18-14/h9,12,15-16H,1-8,10H2. The second kappa shape index (κ2) is 5.72. The van der Waals surface area contributed by atoms with Crippen LogP contribution in [0.3, 0.4) is 0 Å². The molecule has 100 valence electrons. The molecule has 0 radical (unpaired) electrons. The lowest BCUT2D eigenvalue weighted by Crippen LogP contribution is -2.23. The zero-order valence-corrected chi connectivity index (χ0v) is 11.7. The molecule has 1 aromatic heterocycles. The molecule has 3 rings (SSSR count). The number of thiophene rings is 1.